The Morgan fingerprint density at radius 3 is 2.56 bits per heavy atom. The summed E-state index contributed by atoms with van der Waals surface area (Å²) in [4.78, 5) is 25.0. The van der Waals surface area contributed by atoms with Crippen LogP contribution in [-0.4, -0.2) is 47.7 Å². The summed E-state index contributed by atoms with van der Waals surface area (Å²) in [6.07, 6.45) is 4.78. The van der Waals surface area contributed by atoms with Crippen LogP contribution in [0.4, 0.5) is 0 Å². The van der Waals surface area contributed by atoms with E-state index in [4.69, 9.17) is 9.84 Å². The van der Waals surface area contributed by atoms with Crippen LogP contribution in [0.3, 0.4) is 0 Å². The molecule has 102 valence electrons. The second kappa shape index (κ2) is 5.69. The minimum atomic E-state index is -0.846. The summed E-state index contributed by atoms with van der Waals surface area (Å²) in [5.41, 5.74) is 0. The van der Waals surface area contributed by atoms with E-state index in [1.807, 2.05) is 0 Å². The largest absolute Gasteiger partial charge is 0.481 e. The van der Waals surface area contributed by atoms with E-state index >= 15 is 0 Å². The van der Waals surface area contributed by atoms with Crippen molar-refractivity contribution in [1.29, 1.82) is 0 Å². The molecule has 1 saturated carbocycles. The monoisotopic (exact) mass is 255 g/mol. The number of ether oxygens (including phenoxy) is 1. The van der Waals surface area contributed by atoms with Crippen LogP contribution in [0.2, 0.25) is 0 Å². The highest BCUT2D eigenvalue weighted by atomic mass is 16.5. The second-order valence-corrected chi connectivity index (χ2v) is 5.32. The zero-order valence-electron chi connectivity index (χ0n) is 10.8. The Kier molecular flexibility index (Phi) is 4.22. The number of carbonyl (C=O) groups is 2. The molecule has 2 aliphatic rings. The maximum atomic E-state index is 12.4. The zero-order valence-corrected chi connectivity index (χ0v) is 10.8. The quantitative estimate of drug-likeness (QED) is 0.821. The maximum Gasteiger partial charge on any atom is 0.305 e. The number of rotatable bonds is 4. The van der Waals surface area contributed by atoms with Crippen LogP contribution in [0.25, 0.3) is 0 Å². The highest BCUT2D eigenvalue weighted by Gasteiger charge is 2.39. The molecule has 0 aromatic heterocycles. The maximum absolute atomic E-state index is 12.4. The molecular weight excluding hydrogens is 234 g/mol. The summed E-state index contributed by atoms with van der Waals surface area (Å²) in [7, 11) is 1.62. The third-order valence-electron chi connectivity index (χ3n) is 4.11. The van der Waals surface area contributed by atoms with E-state index in [0.717, 1.165) is 25.7 Å². The van der Waals surface area contributed by atoms with Gasteiger partial charge in [-0.2, -0.15) is 0 Å². The van der Waals surface area contributed by atoms with Gasteiger partial charge in [0.15, 0.2) is 0 Å². The van der Waals surface area contributed by atoms with Crippen molar-refractivity contribution in [2.45, 2.75) is 50.7 Å². The van der Waals surface area contributed by atoms with Crippen LogP contribution in [0, 0.1) is 5.92 Å². The van der Waals surface area contributed by atoms with Crippen molar-refractivity contribution in [3.63, 3.8) is 0 Å². The summed E-state index contributed by atoms with van der Waals surface area (Å²) in [6.45, 7) is 0.545. The van der Waals surface area contributed by atoms with E-state index < -0.39 is 5.97 Å². The Hall–Kier alpha value is -1.10. The topological polar surface area (TPSA) is 66.8 Å². The molecule has 0 spiro atoms. The van der Waals surface area contributed by atoms with Crippen molar-refractivity contribution >= 4 is 11.9 Å². The van der Waals surface area contributed by atoms with Gasteiger partial charge in [0.25, 0.3) is 0 Å². The van der Waals surface area contributed by atoms with Crippen molar-refractivity contribution < 1.29 is 19.4 Å². The number of carboxylic acids is 1. The first kappa shape index (κ1) is 13.3. The van der Waals surface area contributed by atoms with E-state index in [1.165, 1.54) is 0 Å². The predicted octanol–water partition coefficient (Wildman–Crippen LogP) is 1.27. The zero-order chi connectivity index (χ0) is 13.1. The Labute approximate surface area is 107 Å². The first-order valence-corrected chi connectivity index (χ1v) is 6.67. The van der Waals surface area contributed by atoms with Gasteiger partial charge < -0.3 is 14.7 Å². The first-order valence-electron chi connectivity index (χ1n) is 6.67. The molecule has 2 unspecified atom stereocenters. The van der Waals surface area contributed by atoms with E-state index in [1.54, 1.807) is 12.0 Å². The van der Waals surface area contributed by atoms with Gasteiger partial charge in [0.1, 0.15) is 0 Å². The Morgan fingerprint density at radius 2 is 2.00 bits per heavy atom. The molecule has 2 rings (SSSR count). The number of carbonyl (C=O) groups excluding carboxylic acids is 1. The normalized spacial score (nSPS) is 28.8. The van der Waals surface area contributed by atoms with Gasteiger partial charge >= 0.3 is 5.97 Å². The van der Waals surface area contributed by atoms with E-state index in [0.29, 0.717) is 13.0 Å². The molecule has 0 aromatic carbocycles. The Morgan fingerprint density at radius 1 is 1.33 bits per heavy atom. The van der Waals surface area contributed by atoms with Crippen LogP contribution < -0.4 is 0 Å². The van der Waals surface area contributed by atoms with Gasteiger partial charge in [-0.15, -0.1) is 0 Å². The SMILES string of the molecule is COC1CC(CC(=O)O)N(C(=O)C2CCCC2)C1. The highest BCUT2D eigenvalue weighted by molar-refractivity contribution is 5.80. The molecule has 5 nitrogen and oxygen atoms in total. The molecule has 1 heterocycles. The number of nitrogens with zero attached hydrogens (tertiary/aromatic N) is 1. The summed E-state index contributed by atoms with van der Waals surface area (Å²) in [6, 6.07) is -0.194. The van der Waals surface area contributed by atoms with Gasteiger partial charge in [0.05, 0.1) is 12.5 Å². The summed E-state index contributed by atoms with van der Waals surface area (Å²) in [5, 5.41) is 8.92. The van der Waals surface area contributed by atoms with Crippen LogP contribution in [-0.2, 0) is 14.3 Å². The third-order valence-corrected chi connectivity index (χ3v) is 4.11. The van der Waals surface area contributed by atoms with E-state index in [-0.39, 0.29) is 30.4 Å². The molecule has 1 N–H and O–H groups in total. The van der Waals surface area contributed by atoms with E-state index in [2.05, 4.69) is 0 Å². The minimum Gasteiger partial charge on any atom is -0.481 e. The summed E-state index contributed by atoms with van der Waals surface area (Å²) < 4.78 is 5.28. The number of hydrogen-bond acceptors (Lipinski definition) is 3. The van der Waals surface area contributed by atoms with E-state index in [9.17, 15) is 9.59 Å². The van der Waals surface area contributed by atoms with Crippen molar-refractivity contribution in [3.05, 3.63) is 0 Å². The molecule has 1 aliphatic carbocycles. The van der Waals surface area contributed by atoms with Gasteiger partial charge in [-0.05, 0) is 19.3 Å². The number of carboxylic acid groups (broad SMARTS) is 1. The van der Waals surface area contributed by atoms with Gasteiger partial charge in [0, 0.05) is 25.6 Å². The van der Waals surface area contributed by atoms with Gasteiger partial charge in [0.2, 0.25) is 5.91 Å². The lowest BCUT2D eigenvalue weighted by Crippen LogP contribution is -2.40. The molecule has 0 aromatic rings. The number of hydrogen-bond donors (Lipinski definition) is 1. The van der Waals surface area contributed by atoms with Gasteiger partial charge in [-0.1, -0.05) is 12.8 Å². The van der Waals surface area contributed by atoms with Crippen molar-refractivity contribution in [3.8, 4) is 0 Å². The number of likely N-dealkylation sites (tertiary alicyclic amines) is 1. The number of aliphatic carboxylic acids is 1. The summed E-state index contributed by atoms with van der Waals surface area (Å²) in [5.74, 6) is -0.601. The number of methoxy groups -OCH3 is 1. The van der Waals surface area contributed by atoms with Crippen LogP contribution in [0.1, 0.15) is 38.5 Å². The molecule has 1 saturated heterocycles. The molecule has 0 radical (unpaired) electrons. The molecule has 18 heavy (non-hydrogen) atoms. The highest BCUT2D eigenvalue weighted by Crippen LogP contribution is 2.31. The second-order valence-electron chi connectivity index (χ2n) is 5.32. The number of amides is 1. The third kappa shape index (κ3) is 2.83. The fraction of sp³-hybridized carbons (Fsp3) is 0.846. The molecule has 0 bridgehead atoms. The lowest BCUT2D eigenvalue weighted by Gasteiger charge is -2.26. The standard InChI is InChI=1S/C13H21NO4/c1-18-11-6-10(7-12(15)16)14(8-11)13(17)9-4-2-3-5-9/h9-11H,2-8H2,1H3,(H,15,16). The van der Waals surface area contributed by atoms with Gasteiger partial charge in [-0.25, -0.2) is 0 Å². The fourth-order valence-electron chi connectivity index (χ4n) is 3.12. The molecule has 2 atom stereocenters. The average molecular weight is 255 g/mol. The van der Waals surface area contributed by atoms with Crippen LogP contribution in [0.5, 0.6) is 0 Å². The van der Waals surface area contributed by atoms with Crippen LogP contribution >= 0.6 is 0 Å². The van der Waals surface area contributed by atoms with Crippen molar-refractivity contribution in [2.75, 3.05) is 13.7 Å². The molecule has 5 heteroatoms. The van der Waals surface area contributed by atoms with Crippen molar-refractivity contribution in [1.82, 2.24) is 4.90 Å². The molecule has 2 fully saturated rings. The van der Waals surface area contributed by atoms with Gasteiger partial charge in [-0.3, -0.25) is 9.59 Å². The summed E-state index contributed by atoms with van der Waals surface area (Å²) >= 11 is 0. The Balaban J connectivity index is 2.02. The Bertz CT molecular complexity index is 325. The molecular formula is C13H21NO4. The van der Waals surface area contributed by atoms with Crippen molar-refractivity contribution in [2.24, 2.45) is 5.92 Å². The fourth-order valence-corrected chi connectivity index (χ4v) is 3.12. The first-order chi connectivity index (χ1) is 8.61. The average Bonchev–Trinajstić information content (AvgIpc) is 2.95. The molecule has 1 amide bonds. The lowest BCUT2D eigenvalue weighted by atomic mass is 10.1. The molecule has 1 aliphatic heterocycles. The lowest BCUT2D eigenvalue weighted by molar-refractivity contribution is -0.141. The smallest absolute Gasteiger partial charge is 0.305 e. The van der Waals surface area contributed by atoms with Crippen LogP contribution in [0.15, 0.2) is 0 Å². The predicted molar refractivity (Wildman–Crippen MR) is 65.1 cm³/mol. The minimum absolute atomic E-state index is 0.0142.